The number of rotatable bonds is 8. The van der Waals surface area contributed by atoms with Crippen LogP contribution in [0.1, 0.15) is 21.6 Å². The number of nitriles is 1. The van der Waals surface area contributed by atoms with E-state index in [4.69, 9.17) is 35.8 Å². The second-order valence-electron chi connectivity index (χ2n) is 4.72. The fourth-order valence-electron chi connectivity index (χ4n) is 1.99. The Balaban J connectivity index is 2.48. The molecule has 130 valence electrons. The van der Waals surface area contributed by atoms with E-state index in [0.717, 1.165) is 0 Å². The number of methoxy groups -OCH3 is 2. The van der Waals surface area contributed by atoms with Crippen LogP contribution in [0.25, 0.3) is 0 Å². The van der Waals surface area contributed by atoms with Gasteiger partial charge in [0.05, 0.1) is 16.1 Å². The summed E-state index contributed by atoms with van der Waals surface area (Å²) in [4.78, 5) is 17.0. The van der Waals surface area contributed by atoms with Crippen molar-refractivity contribution in [2.75, 3.05) is 27.8 Å². The third-order valence-electron chi connectivity index (χ3n) is 3.08. The number of aromatic nitrogens is 1. The van der Waals surface area contributed by atoms with Gasteiger partial charge < -0.3 is 18.9 Å². The van der Waals surface area contributed by atoms with Crippen LogP contribution in [-0.2, 0) is 9.47 Å². The first-order chi connectivity index (χ1) is 12.1. The lowest BCUT2D eigenvalue weighted by molar-refractivity contribution is 0.0492. The molecule has 0 saturated heterocycles. The number of ketones is 1. The molecule has 0 spiro atoms. The molecule has 2 rings (SSSR count). The fourth-order valence-corrected chi connectivity index (χ4v) is 2.19. The summed E-state index contributed by atoms with van der Waals surface area (Å²) in [6, 6.07) is 7.91. The molecule has 0 fully saturated rings. The van der Waals surface area contributed by atoms with E-state index in [2.05, 4.69) is 4.98 Å². The molecule has 0 N–H and O–H groups in total. The Kier molecular flexibility index (Phi) is 6.71. The quantitative estimate of drug-likeness (QED) is 0.526. The van der Waals surface area contributed by atoms with Crippen LogP contribution in [0.15, 0.2) is 30.5 Å². The molecule has 2 aromatic rings. The highest BCUT2D eigenvalue weighted by Crippen LogP contribution is 2.30. The van der Waals surface area contributed by atoms with Crippen LogP contribution in [0.5, 0.6) is 11.5 Å². The zero-order valence-electron chi connectivity index (χ0n) is 13.6. The molecule has 1 aromatic heterocycles. The molecule has 0 saturated carbocycles. The maximum absolute atomic E-state index is 12.9. The van der Waals surface area contributed by atoms with Crippen LogP contribution in [0, 0.1) is 11.3 Å². The molecule has 0 atom stereocenters. The van der Waals surface area contributed by atoms with Crippen LogP contribution in [-0.4, -0.2) is 38.6 Å². The van der Waals surface area contributed by atoms with Crippen molar-refractivity contribution < 1.29 is 23.7 Å². The standard InChI is InChI=1S/C17H15ClN2O5/c1-22-9-24-14-4-3-5-20-16(14)17(21)12-7-13(18)11(8-19)6-15(12)25-10-23-2/h3-7H,9-10H2,1-2H3. The SMILES string of the molecule is COCOc1cc(C#N)c(Cl)cc1C(=O)c1ncccc1OCOC. The number of nitrogens with zero attached hydrogens (tertiary/aromatic N) is 2. The lowest BCUT2D eigenvalue weighted by Gasteiger charge is -2.13. The maximum atomic E-state index is 12.9. The minimum absolute atomic E-state index is 0.0346. The van der Waals surface area contributed by atoms with Crippen LogP contribution in [0.4, 0.5) is 0 Å². The van der Waals surface area contributed by atoms with Gasteiger partial charge in [0.2, 0.25) is 5.78 Å². The second kappa shape index (κ2) is 8.99. The summed E-state index contributed by atoms with van der Waals surface area (Å²) < 4.78 is 20.5. The molecular formula is C17H15ClN2O5. The molecule has 1 aromatic carbocycles. The van der Waals surface area contributed by atoms with Gasteiger partial charge in [0.1, 0.15) is 11.8 Å². The zero-order valence-corrected chi connectivity index (χ0v) is 14.4. The van der Waals surface area contributed by atoms with Gasteiger partial charge in [-0.1, -0.05) is 11.6 Å². The number of benzene rings is 1. The predicted octanol–water partition coefficient (Wildman–Crippen LogP) is 2.80. The molecule has 0 aliphatic heterocycles. The van der Waals surface area contributed by atoms with E-state index in [1.165, 1.54) is 32.5 Å². The fraction of sp³-hybridized carbons (Fsp3) is 0.235. The van der Waals surface area contributed by atoms with Gasteiger partial charge in [0.15, 0.2) is 25.0 Å². The molecule has 1 heterocycles. The number of hydrogen-bond donors (Lipinski definition) is 0. The highest BCUT2D eigenvalue weighted by molar-refractivity contribution is 6.32. The Labute approximate surface area is 149 Å². The molecule has 0 bridgehead atoms. The monoisotopic (exact) mass is 362 g/mol. The first-order valence-corrected chi connectivity index (χ1v) is 7.47. The molecule has 0 aliphatic rings. The van der Waals surface area contributed by atoms with Crippen LogP contribution >= 0.6 is 11.6 Å². The minimum atomic E-state index is -0.468. The molecule has 8 heteroatoms. The van der Waals surface area contributed by atoms with Crippen molar-refractivity contribution in [3.63, 3.8) is 0 Å². The average Bonchev–Trinajstić information content (AvgIpc) is 2.64. The molecular weight excluding hydrogens is 348 g/mol. The average molecular weight is 363 g/mol. The Morgan fingerprint density at radius 3 is 2.52 bits per heavy atom. The Bertz CT molecular complexity index is 804. The topological polar surface area (TPSA) is 90.7 Å². The van der Waals surface area contributed by atoms with E-state index in [0.29, 0.717) is 0 Å². The summed E-state index contributed by atoms with van der Waals surface area (Å²) in [6.07, 6.45) is 1.47. The van der Waals surface area contributed by atoms with E-state index in [1.54, 1.807) is 12.1 Å². The van der Waals surface area contributed by atoms with E-state index in [9.17, 15) is 4.79 Å². The summed E-state index contributed by atoms with van der Waals surface area (Å²) in [5, 5.41) is 9.23. The molecule has 0 amide bonds. The zero-order chi connectivity index (χ0) is 18.2. The van der Waals surface area contributed by atoms with Crippen molar-refractivity contribution in [2.24, 2.45) is 0 Å². The summed E-state index contributed by atoms with van der Waals surface area (Å²) >= 11 is 6.06. The normalized spacial score (nSPS) is 10.2. The van der Waals surface area contributed by atoms with Gasteiger partial charge in [-0.2, -0.15) is 5.26 Å². The number of carbonyl (C=O) groups excluding carboxylic acids is 1. The van der Waals surface area contributed by atoms with Gasteiger partial charge in [-0.05, 0) is 18.2 Å². The number of pyridine rings is 1. The van der Waals surface area contributed by atoms with Crippen molar-refractivity contribution in [3.05, 3.63) is 52.3 Å². The molecule has 0 radical (unpaired) electrons. The van der Waals surface area contributed by atoms with Crippen molar-refractivity contribution in [1.29, 1.82) is 5.26 Å². The molecule has 0 aliphatic carbocycles. The third-order valence-corrected chi connectivity index (χ3v) is 3.40. The number of carbonyl (C=O) groups is 1. The third kappa shape index (κ3) is 4.45. The van der Waals surface area contributed by atoms with E-state index in [1.807, 2.05) is 6.07 Å². The van der Waals surface area contributed by atoms with E-state index >= 15 is 0 Å². The lowest BCUT2D eigenvalue weighted by atomic mass is 10.0. The molecule has 0 unspecified atom stereocenters. The molecule has 25 heavy (non-hydrogen) atoms. The van der Waals surface area contributed by atoms with Crippen LogP contribution in [0.3, 0.4) is 0 Å². The summed E-state index contributed by atoms with van der Waals surface area (Å²) in [6.45, 7) is -0.130. The number of halogens is 1. The first-order valence-electron chi connectivity index (χ1n) is 7.09. The van der Waals surface area contributed by atoms with Gasteiger partial charge in [0, 0.05) is 26.5 Å². The van der Waals surface area contributed by atoms with Gasteiger partial charge in [-0.25, -0.2) is 4.98 Å². The maximum Gasteiger partial charge on any atom is 0.218 e. The van der Waals surface area contributed by atoms with Crippen molar-refractivity contribution >= 4 is 17.4 Å². The Hall–Kier alpha value is -2.66. The number of hydrogen-bond acceptors (Lipinski definition) is 7. The summed E-state index contributed by atoms with van der Waals surface area (Å²) in [5.74, 6) is -0.0483. The van der Waals surface area contributed by atoms with Crippen molar-refractivity contribution in [2.45, 2.75) is 0 Å². The van der Waals surface area contributed by atoms with Crippen LogP contribution in [0.2, 0.25) is 5.02 Å². The number of ether oxygens (including phenoxy) is 4. The van der Waals surface area contributed by atoms with Crippen molar-refractivity contribution in [1.82, 2.24) is 4.98 Å². The smallest absolute Gasteiger partial charge is 0.218 e. The minimum Gasteiger partial charge on any atom is -0.467 e. The second-order valence-corrected chi connectivity index (χ2v) is 5.13. The highest BCUT2D eigenvalue weighted by Gasteiger charge is 2.22. The van der Waals surface area contributed by atoms with Gasteiger partial charge in [0.25, 0.3) is 0 Å². The summed E-state index contributed by atoms with van der Waals surface area (Å²) in [7, 11) is 2.91. The Morgan fingerprint density at radius 2 is 1.88 bits per heavy atom. The van der Waals surface area contributed by atoms with Gasteiger partial charge in [-0.3, -0.25) is 4.79 Å². The van der Waals surface area contributed by atoms with E-state index < -0.39 is 5.78 Å². The first kappa shape index (κ1) is 18.7. The predicted molar refractivity (Wildman–Crippen MR) is 88.8 cm³/mol. The van der Waals surface area contributed by atoms with Crippen molar-refractivity contribution in [3.8, 4) is 17.6 Å². The van der Waals surface area contributed by atoms with E-state index in [-0.39, 0.29) is 46.9 Å². The lowest BCUT2D eigenvalue weighted by Crippen LogP contribution is -2.12. The Morgan fingerprint density at radius 1 is 1.20 bits per heavy atom. The van der Waals surface area contributed by atoms with Crippen LogP contribution < -0.4 is 9.47 Å². The molecule has 7 nitrogen and oxygen atoms in total. The van der Waals surface area contributed by atoms with Gasteiger partial charge >= 0.3 is 0 Å². The summed E-state index contributed by atoms with van der Waals surface area (Å²) in [5.41, 5.74) is 0.394. The highest BCUT2D eigenvalue weighted by atomic mass is 35.5. The largest absolute Gasteiger partial charge is 0.467 e. The van der Waals surface area contributed by atoms with Gasteiger partial charge in [-0.15, -0.1) is 0 Å².